The summed E-state index contributed by atoms with van der Waals surface area (Å²) in [6, 6.07) is 11.6. The predicted octanol–water partition coefficient (Wildman–Crippen LogP) is 2.19. The topological polar surface area (TPSA) is 102 Å². The zero-order chi connectivity index (χ0) is 19.2. The van der Waals surface area contributed by atoms with Crippen molar-refractivity contribution in [2.45, 2.75) is 4.90 Å². The van der Waals surface area contributed by atoms with Crippen LogP contribution < -0.4 is 10.0 Å². The largest absolute Gasteiger partial charge is 0.465 e. The average molecular weight is 374 g/mol. The van der Waals surface area contributed by atoms with E-state index in [2.05, 4.69) is 21.4 Å². The van der Waals surface area contributed by atoms with Crippen molar-refractivity contribution in [3.63, 3.8) is 0 Å². The minimum Gasteiger partial charge on any atom is -0.465 e. The maximum absolute atomic E-state index is 12.6. The van der Waals surface area contributed by atoms with Gasteiger partial charge in [-0.05, 0) is 30.3 Å². The summed E-state index contributed by atoms with van der Waals surface area (Å²) < 4.78 is 32.3. The van der Waals surface area contributed by atoms with Crippen molar-refractivity contribution in [2.24, 2.45) is 0 Å². The molecule has 2 aromatic carbocycles. The molecule has 0 heterocycles. The lowest BCUT2D eigenvalue weighted by Gasteiger charge is -2.12. The van der Waals surface area contributed by atoms with Gasteiger partial charge < -0.3 is 10.1 Å². The Balaban J connectivity index is 2.33. The van der Waals surface area contributed by atoms with E-state index in [1.807, 2.05) is 0 Å². The number of carbonyl (C=O) groups is 2. The van der Waals surface area contributed by atoms with Crippen LogP contribution in [0.15, 0.2) is 66.1 Å². The van der Waals surface area contributed by atoms with Crippen molar-refractivity contribution in [1.29, 1.82) is 0 Å². The van der Waals surface area contributed by atoms with Crippen molar-refractivity contribution >= 4 is 27.6 Å². The number of para-hydroxylation sites is 1. The van der Waals surface area contributed by atoms with E-state index in [1.54, 1.807) is 12.1 Å². The van der Waals surface area contributed by atoms with E-state index in [1.165, 1.54) is 49.6 Å². The van der Waals surface area contributed by atoms with Crippen LogP contribution >= 0.6 is 0 Å². The molecule has 1 amide bonds. The summed E-state index contributed by atoms with van der Waals surface area (Å²) in [5.41, 5.74) is 0.357. The number of ether oxygens (including phenoxy) is 1. The number of carbonyl (C=O) groups excluding carboxylic acids is 2. The first-order valence-electron chi connectivity index (χ1n) is 7.58. The van der Waals surface area contributed by atoms with Crippen LogP contribution in [0.25, 0.3) is 0 Å². The molecule has 7 nitrogen and oxygen atoms in total. The molecule has 0 saturated carbocycles. The number of rotatable bonds is 7. The molecular weight excluding hydrogens is 356 g/mol. The monoisotopic (exact) mass is 374 g/mol. The molecular formula is C18H18N2O5S. The molecule has 2 rings (SSSR count). The molecule has 0 atom stereocenters. The van der Waals surface area contributed by atoms with Crippen molar-refractivity contribution in [1.82, 2.24) is 5.32 Å². The number of sulfonamides is 1. The molecule has 8 heteroatoms. The van der Waals surface area contributed by atoms with Crippen LogP contribution in [0.3, 0.4) is 0 Å². The second-order valence-electron chi connectivity index (χ2n) is 5.17. The van der Waals surface area contributed by atoms with Gasteiger partial charge in [0.25, 0.3) is 15.9 Å². The minimum absolute atomic E-state index is 0.0819. The number of benzene rings is 2. The molecule has 2 N–H and O–H groups in total. The van der Waals surface area contributed by atoms with Gasteiger partial charge in [0.2, 0.25) is 0 Å². The van der Waals surface area contributed by atoms with Gasteiger partial charge in [-0.25, -0.2) is 13.2 Å². The molecule has 0 saturated heterocycles. The second-order valence-corrected chi connectivity index (χ2v) is 6.85. The summed E-state index contributed by atoms with van der Waals surface area (Å²) in [7, 11) is -2.80. The smallest absolute Gasteiger partial charge is 0.339 e. The highest BCUT2D eigenvalue weighted by atomic mass is 32.2. The van der Waals surface area contributed by atoms with Crippen molar-refractivity contribution < 1.29 is 22.7 Å². The summed E-state index contributed by atoms with van der Waals surface area (Å²) in [6.45, 7) is 3.77. The van der Waals surface area contributed by atoms with E-state index < -0.39 is 21.9 Å². The zero-order valence-corrected chi connectivity index (χ0v) is 14.9. The van der Waals surface area contributed by atoms with E-state index in [-0.39, 0.29) is 28.3 Å². The second kappa shape index (κ2) is 8.30. The van der Waals surface area contributed by atoms with Gasteiger partial charge in [-0.3, -0.25) is 9.52 Å². The number of amides is 1. The molecule has 0 bridgehead atoms. The molecule has 136 valence electrons. The summed E-state index contributed by atoms with van der Waals surface area (Å²) in [5, 5.41) is 2.58. The fraction of sp³-hybridized carbons (Fsp3) is 0.111. The Labute approximate surface area is 151 Å². The first-order valence-corrected chi connectivity index (χ1v) is 9.06. The fourth-order valence-corrected chi connectivity index (χ4v) is 3.26. The van der Waals surface area contributed by atoms with E-state index in [9.17, 15) is 18.0 Å². The van der Waals surface area contributed by atoms with Gasteiger partial charge in [-0.1, -0.05) is 24.3 Å². The summed E-state index contributed by atoms with van der Waals surface area (Å²) in [4.78, 5) is 23.7. The Hall–Kier alpha value is -3.13. The summed E-state index contributed by atoms with van der Waals surface area (Å²) in [6.07, 6.45) is 1.52. The highest BCUT2D eigenvalue weighted by Crippen LogP contribution is 2.21. The molecule has 0 aliphatic heterocycles. The Kier molecular flexibility index (Phi) is 6.13. The van der Waals surface area contributed by atoms with E-state index >= 15 is 0 Å². The zero-order valence-electron chi connectivity index (χ0n) is 14.1. The van der Waals surface area contributed by atoms with Crippen LogP contribution in [0.1, 0.15) is 20.7 Å². The Morgan fingerprint density at radius 3 is 2.58 bits per heavy atom. The van der Waals surface area contributed by atoms with E-state index in [4.69, 9.17) is 0 Å². The Morgan fingerprint density at radius 2 is 1.88 bits per heavy atom. The molecule has 26 heavy (non-hydrogen) atoms. The lowest BCUT2D eigenvalue weighted by Crippen LogP contribution is -2.23. The Morgan fingerprint density at radius 1 is 1.15 bits per heavy atom. The number of hydrogen-bond donors (Lipinski definition) is 2. The van der Waals surface area contributed by atoms with Gasteiger partial charge >= 0.3 is 5.97 Å². The third-order valence-electron chi connectivity index (χ3n) is 3.39. The van der Waals surface area contributed by atoms with Crippen LogP contribution in [-0.4, -0.2) is 33.9 Å². The van der Waals surface area contributed by atoms with Gasteiger partial charge in [-0.15, -0.1) is 6.58 Å². The minimum atomic E-state index is -4.01. The quantitative estimate of drug-likeness (QED) is 0.571. The SMILES string of the molecule is C=CCNC(=O)c1cccc(S(=O)(=O)Nc2ccccc2C(=O)OC)c1. The van der Waals surface area contributed by atoms with E-state index in [0.717, 1.165) is 0 Å². The van der Waals surface area contributed by atoms with Crippen LogP contribution in [0.2, 0.25) is 0 Å². The van der Waals surface area contributed by atoms with Gasteiger partial charge in [-0.2, -0.15) is 0 Å². The highest BCUT2D eigenvalue weighted by Gasteiger charge is 2.20. The molecule has 0 aliphatic rings. The number of methoxy groups -OCH3 is 1. The molecule has 0 spiro atoms. The van der Waals surface area contributed by atoms with Gasteiger partial charge in [0.1, 0.15) is 0 Å². The summed E-state index contributed by atoms with van der Waals surface area (Å²) >= 11 is 0. The predicted molar refractivity (Wildman–Crippen MR) is 97.6 cm³/mol. The van der Waals surface area contributed by atoms with Gasteiger partial charge in [0.05, 0.1) is 23.3 Å². The Bertz CT molecular complexity index is 938. The van der Waals surface area contributed by atoms with Crippen molar-refractivity contribution in [3.05, 3.63) is 72.3 Å². The molecule has 0 fully saturated rings. The maximum Gasteiger partial charge on any atom is 0.339 e. The normalized spacial score (nSPS) is 10.7. The lowest BCUT2D eigenvalue weighted by atomic mass is 10.2. The molecule has 0 aliphatic carbocycles. The number of nitrogens with one attached hydrogen (secondary N) is 2. The van der Waals surface area contributed by atoms with Crippen molar-refractivity contribution in [2.75, 3.05) is 18.4 Å². The molecule has 0 unspecified atom stereocenters. The molecule has 2 aromatic rings. The van der Waals surface area contributed by atoms with Crippen LogP contribution in [0, 0.1) is 0 Å². The van der Waals surface area contributed by atoms with Crippen LogP contribution in [0.5, 0.6) is 0 Å². The fourth-order valence-electron chi connectivity index (χ4n) is 2.14. The third-order valence-corrected chi connectivity index (χ3v) is 4.75. The number of hydrogen-bond acceptors (Lipinski definition) is 5. The number of esters is 1. The summed E-state index contributed by atoms with van der Waals surface area (Å²) in [5.74, 6) is -1.09. The molecule has 0 radical (unpaired) electrons. The average Bonchev–Trinajstić information content (AvgIpc) is 2.65. The third kappa shape index (κ3) is 4.48. The standard InChI is InChI=1S/C18H18N2O5S/c1-3-11-19-17(21)13-7-6-8-14(12-13)26(23,24)20-16-10-5-4-9-15(16)18(22)25-2/h3-10,12,20H,1,11H2,2H3,(H,19,21). The van der Waals surface area contributed by atoms with Gasteiger partial charge in [0.15, 0.2) is 0 Å². The van der Waals surface area contributed by atoms with Crippen molar-refractivity contribution in [3.8, 4) is 0 Å². The van der Waals surface area contributed by atoms with E-state index in [0.29, 0.717) is 0 Å². The van der Waals surface area contributed by atoms with Crippen LogP contribution in [-0.2, 0) is 14.8 Å². The lowest BCUT2D eigenvalue weighted by molar-refractivity contribution is 0.0601. The highest BCUT2D eigenvalue weighted by molar-refractivity contribution is 7.92. The molecule has 0 aromatic heterocycles. The first kappa shape index (κ1) is 19.2. The maximum atomic E-state index is 12.6. The number of anilines is 1. The first-order chi connectivity index (χ1) is 12.4. The van der Waals surface area contributed by atoms with Crippen LogP contribution in [0.4, 0.5) is 5.69 Å². The van der Waals surface area contributed by atoms with Gasteiger partial charge in [0, 0.05) is 12.1 Å².